The maximum atomic E-state index is 14.4. The van der Waals surface area contributed by atoms with E-state index in [0.29, 0.717) is 0 Å². The Morgan fingerprint density at radius 2 is 1.50 bits per heavy atom. The second-order valence-electron chi connectivity index (χ2n) is 6.87. The Hall–Kier alpha value is -1.86. The van der Waals surface area contributed by atoms with E-state index in [1.54, 1.807) is 0 Å². The summed E-state index contributed by atoms with van der Waals surface area (Å²) in [4.78, 5) is 12.1. The van der Waals surface area contributed by atoms with Crippen molar-refractivity contribution in [2.75, 3.05) is 7.11 Å². The van der Waals surface area contributed by atoms with Gasteiger partial charge in [0, 0.05) is 10.5 Å². The van der Waals surface area contributed by atoms with Gasteiger partial charge in [0.2, 0.25) is 0 Å². The van der Waals surface area contributed by atoms with Gasteiger partial charge in [-0.05, 0) is 5.56 Å². The Morgan fingerprint density at radius 1 is 1.00 bits per heavy atom. The molecule has 0 aliphatic carbocycles. The Kier molecular flexibility index (Phi) is 5.66. The van der Waals surface area contributed by atoms with E-state index in [-0.39, 0.29) is 12.4 Å². The van der Waals surface area contributed by atoms with E-state index in [2.05, 4.69) is 0 Å². The van der Waals surface area contributed by atoms with Crippen LogP contribution in [0.3, 0.4) is 0 Å². The van der Waals surface area contributed by atoms with Crippen molar-refractivity contribution in [1.29, 1.82) is 0 Å². The molecule has 2 aromatic carbocycles. The van der Waals surface area contributed by atoms with E-state index in [0.717, 1.165) is 10.9 Å². The number of benzene rings is 2. The van der Waals surface area contributed by atoms with Gasteiger partial charge in [-0.3, -0.25) is 4.79 Å². The van der Waals surface area contributed by atoms with Crippen molar-refractivity contribution in [3.05, 3.63) is 66.2 Å². The highest BCUT2D eigenvalue weighted by atomic mass is 31.2. The number of ether oxygens (including phenoxy) is 1. The first-order valence-corrected chi connectivity index (χ1v) is 9.85. The molecular formula is C20H25O3P. The molecule has 0 fully saturated rings. The topological polar surface area (TPSA) is 43.4 Å². The number of rotatable bonds is 5. The third-order valence-corrected chi connectivity index (χ3v) is 8.76. The molecule has 0 spiro atoms. The number of esters is 1. The van der Waals surface area contributed by atoms with Crippen LogP contribution in [-0.2, 0) is 14.1 Å². The van der Waals surface area contributed by atoms with Crippen molar-refractivity contribution < 1.29 is 14.1 Å². The Bertz CT molecular complexity index is 718. The van der Waals surface area contributed by atoms with Crippen molar-refractivity contribution in [2.24, 2.45) is 0 Å². The zero-order chi connectivity index (χ0) is 17.8. The molecule has 0 aliphatic rings. The fraction of sp³-hybridized carbons (Fsp3) is 0.350. The highest BCUT2D eigenvalue weighted by molar-refractivity contribution is 7.73. The van der Waals surface area contributed by atoms with E-state index in [9.17, 15) is 9.36 Å². The molecule has 0 radical (unpaired) electrons. The third kappa shape index (κ3) is 3.62. The molecule has 24 heavy (non-hydrogen) atoms. The van der Waals surface area contributed by atoms with Gasteiger partial charge < -0.3 is 9.30 Å². The number of methoxy groups -OCH3 is 1. The van der Waals surface area contributed by atoms with Crippen molar-refractivity contribution in [1.82, 2.24) is 0 Å². The van der Waals surface area contributed by atoms with Crippen LogP contribution in [0.25, 0.3) is 0 Å². The minimum Gasteiger partial charge on any atom is -0.469 e. The Labute approximate surface area is 144 Å². The summed E-state index contributed by atoms with van der Waals surface area (Å²) in [5, 5.41) is 0.318. The summed E-state index contributed by atoms with van der Waals surface area (Å²) in [7, 11) is -1.59. The average Bonchev–Trinajstić information content (AvgIpc) is 2.59. The van der Waals surface area contributed by atoms with E-state index < -0.39 is 18.0 Å². The van der Waals surface area contributed by atoms with Gasteiger partial charge in [0.05, 0.1) is 19.2 Å². The number of carbonyl (C=O) groups excluding carboxylic acids is 1. The lowest BCUT2D eigenvalue weighted by Gasteiger charge is -2.38. The van der Waals surface area contributed by atoms with Crippen LogP contribution in [0.4, 0.5) is 0 Å². The zero-order valence-electron chi connectivity index (χ0n) is 14.7. The van der Waals surface area contributed by atoms with Crippen molar-refractivity contribution >= 4 is 18.4 Å². The highest BCUT2D eigenvalue weighted by Gasteiger charge is 2.46. The summed E-state index contributed by atoms with van der Waals surface area (Å²) in [6.45, 7) is 5.94. The first-order chi connectivity index (χ1) is 11.3. The lowest BCUT2D eigenvalue weighted by Crippen LogP contribution is -2.28. The molecule has 0 aromatic heterocycles. The molecule has 0 saturated carbocycles. The SMILES string of the molecule is COC(=O)C[C@H](c1ccccc1)P(=O)(c1ccccc1)C(C)(C)C. The molecule has 2 atom stereocenters. The second-order valence-corrected chi connectivity index (χ2v) is 10.7. The molecular weight excluding hydrogens is 319 g/mol. The lowest BCUT2D eigenvalue weighted by molar-refractivity contribution is -0.140. The van der Waals surface area contributed by atoms with Crippen LogP contribution in [0.1, 0.15) is 38.4 Å². The first kappa shape index (κ1) is 18.5. The molecule has 0 aliphatic heterocycles. The van der Waals surface area contributed by atoms with E-state index in [4.69, 9.17) is 4.74 Å². The molecule has 2 aromatic rings. The van der Waals surface area contributed by atoms with Crippen molar-refractivity contribution in [3.8, 4) is 0 Å². The van der Waals surface area contributed by atoms with Crippen molar-refractivity contribution in [3.63, 3.8) is 0 Å². The van der Waals surface area contributed by atoms with Gasteiger partial charge >= 0.3 is 5.97 Å². The first-order valence-electron chi connectivity index (χ1n) is 8.08. The summed E-state index contributed by atoms with van der Waals surface area (Å²) in [5.41, 5.74) is 0.499. The fourth-order valence-electron chi connectivity index (χ4n) is 3.06. The van der Waals surface area contributed by atoms with Gasteiger partial charge in [-0.1, -0.05) is 81.4 Å². The summed E-state index contributed by atoms with van der Waals surface area (Å²) in [5.74, 6) is -0.343. The van der Waals surface area contributed by atoms with Gasteiger partial charge in [-0.2, -0.15) is 0 Å². The van der Waals surface area contributed by atoms with Gasteiger partial charge in [0.25, 0.3) is 0 Å². The van der Waals surface area contributed by atoms with Crippen LogP contribution in [-0.4, -0.2) is 18.2 Å². The largest absolute Gasteiger partial charge is 0.469 e. The molecule has 0 saturated heterocycles. The Balaban J connectivity index is 2.66. The smallest absolute Gasteiger partial charge is 0.306 e. The van der Waals surface area contributed by atoms with E-state index in [1.165, 1.54) is 7.11 Å². The highest BCUT2D eigenvalue weighted by Crippen LogP contribution is 2.67. The van der Waals surface area contributed by atoms with Gasteiger partial charge in [-0.15, -0.1) is 0 Å². The van der Waals surface area contributed by atoms with Crippen LogP contribution < -0.4 is 5.30 Å². The molecule has 128 valence electrons. The minimum atomic E-state index is -2.96. The summed E-state index contributed by atoms with van der Waals surface area (Å²) < 4.78 is 19.3. The predicted octanol–water partition coefficient (Wildman–Crippen LogP) is 4.78. The number of carbonyl (C=O) groups is 1. The summed E-state index contributed by atoms with van der Waals surface area (Å²) in [6.07, 6.45) is 0.101. The quantitative estimate of drug-likeness (QED) is 0.579. The average molecular weight is 344 g/mol. The zero-order valence-corrected chi connectivity index (χ0v) is 15.6. The van der Waals surface area contributed by atoms with Gasteiger partial charge in [-0.25, -0.2) is 0 Å². The van der Waals surface area contributed by atoms with Gasteiger partial charge in [0.1, 0.15) is 7.14 Å². The lowest BCUT2D eigenvalue weighted by atomic mass is 10.1. The molecule has 1 unspecified atom stereocenters. The van der Waals surface area contributed by atoms with Crippen LogP contribution in [0.2, 0.25) is 0 Å². The second kappa shape index (κ2) is 7.36. The fourth-order valence-corrected chi connectivity index (χ4v) is 6.74. The van der Waals surface area contributed by atoms with Crippen LogP contribution in [0.15, 0.2) is 60.7 Å². The minimum absolute atomic E-state index is 0.101. The molecule has 0 amide bonds. The maximum absolute atomic E-state index is 14.4. The number of hydrogen-bond donors (Lipinski definition) is 0. The summed E-state index contributed by atoms with van der Waals surface area (Å²) >= 11 is 0. The maximum Gasteiger partial charge on any atom is 0.306 e. The summed E-state index contributed by atoms with van der Waals surface area (Å²) in [6, 6.07) is 19.1. The van der Waals surface area contributed by atoms with Gasteiger partial charge in [0.15, 0.2) is 0 Å². The van der Waals surface area contributed by atoms with E-state index >= 15 is 0 Å². The van der Waals surface area contributed by atoms with Crippen LogP contribution >= 0.6 is 7.14 Å². The molecule has 3 nitrogen and oxygen atoms in total. The normalized spacial score (nSPS) is 15.3. The number of hydrogen-bond acceptors (Lipinski definition) is 3. The van der Waals surface area contributed by atoms with Crippen LogP contribution in [0.5, 0.6) is 0 Å². The molecule has 0 bridgehead atoms. The Morgan fingerprint density at radius 3 is 1.96 bits per heavy atom. The predicted molar refractivity (Wildman–Crippen MR) is 99.3 cm³/mol. The third-order valence-electron chi connectivity index (χ3n) is 4.35. The van der Waals surface area contributed by atoms with Crippen molar-refractivity contribution in [2.45, 2.75) is 38.0 Å². The molecule has 4 heteroatoms. The standard InChI is InChI=1S/C20H25O3P/c1-20(2,3)24(22,17-13-9-6-10-14-17)18(15-19(21)23-4)16-11-7-5-8-12-16/h5-14,18H,15H2,1-4H3/t18-,24?/m1/s1. The molecule has 0 heterocycles. The van der Waals surface area contributed by atoms with Crippen LogP contribution in [0, 0.1) is 0 Å². The molecule has 2 rings (SSSR count). The monoisotopic (exact) mass is 344 g/mol. The van der Waals surface area contributed by atoms with E-state index in [1.807, 2.05) is 81.4 Å². The molecule has 0 N–H and O–H groups in total.